The Morgan fingerprint density at radius 3 is 2.21 bits per heavy atom. The van der Waals surface area contributed by atoms with Gasteiger partial charge in [-0.2, -0.15) is 5.26 Å². The predicted octanol–water partition coefficient (Wildman–Crippen LogP) is 3.30. The predicted molar refractivity (Wildman–Crippen MR) is 141 cm³/mol. The molecular weight excluding hydrogens is 488 g/mol. The number of carbonyl (C=O) groups excluding carboxylic acids is 3. The van der Waals surface area contributed by atoms with Gasteiger partial charge in [-0.1, -0.05) is 36.4 Å². The minimum Gasteiger partial charge on any atom is -0.504 e. The topological polar surface area (TPSA) is 161 Å². The number of carbonyl (C=O) groups is 3. The van der Waals surface area contributed by atoms with E-state index < -0.39 is 17.9 Å². The van der Waals surface area contributed by atoms with Gasteiger partial charge in [0.2, 0.25) is 11.8 Å². The molecule has 0 saturated heterocycles. The zero-order chi connectivity index (χ0) is 27.5. The lowest BCUT2D eigenvalue weighted by molar-refractivity contribution is -0.126. The first-order chi connectivity index (χ1) is 18.2. The Morgan fingerprint density at radius 1 is 0.947 bits per heavy atom. The fourth-order valence-electron chi connectivity index (χ4n) is 3.31. The molecule has 0 heterocycles. The Balaban J connectivity index is 1.59. The van der Waals surface area contributed by atoms with Crippen molar-refractivity contribution in [1.82, 2.24) is 5.32 Å². The first-order valence-corrected chi connectivity index (χ1v) is 11.5. The van der Waals surface area contributed by atoms with Crippen LogP contribution in [0.25, 0.3) is 6.08 Å². The average Bonchev–Trinajstić information content (AvgIpc) is 2.90. The molecule has 3 aromatic carbocycles. The number of ether oxygens (including phenoxy) is 1. The summed E-state index contributed by atoms with van der Waals surface area (Å²) in [5.74, 6) is -2.23. The molecule has 194 valence electrons. The number of nitrogens with one attached hydrogen (secondary N) is 3. The monoisotopic (exact) mass is 514 g/mol. The summed E-state index contributed by atoms with van der Waals surface area (Å²) >= 11 is 0. The van der Waals surface area contributed by atoms with Crippen LogP contribution in [0.1, 0.15) is 18.1 Å². The number of hydrogen-bond donors (Lipinski definition) is 5. The molecule has 3 aromatic rings. The molecule has 0 aromatic heterocycles. The van der Waals surface area contributed by atoms with Gasteiger partial charge in [-0.05, 0) is 53.6 Å². The maximum Gasteiger partial charge on any atom is 0.266 e. The number of nitrogens with zero attached hydrogens (tertiary/aromatic N) is 1. The Kier molecular flexibility index (Phi) is 9.57. The molecular formula is C28H26N4O6. The van der Waals surface area contributed by atoms with Crippen molar-refractivity contribution in [1.29, 1.82) is 5.26 Å². The standard InChI is InChI=1S/C28H26N4O6/c1-18(33)30-24(17-38-16-19-5-3-2-4-6-19)28(37)32-23-10-8-22(9-11-23)31-27(36)21(15-29)13-20-7-12-25(34)26(35)14-20/h2-14,24,34-35H,16-17H2,1H3,(H,30,33)(H,31,36)(H,32,37)/b21-13+/t24-/m1/s1. The van der Waals surface area contributed by atoms with Gasteiger partial charge in [-0.15, -0.1) is 0 Å². The van der Waals surface area contributed by atoms with E-state index in [0.717, 1.165) is 5.56 Å². The molecule has 5 N–H and O–H groups in total. The van der Waals surface area contributed by atoms with E-state index in [9.17, 15) is 29.9 Å². The molecule has 10 heteroatoms. The van der Waals surface area contributed by atoms with Gasteiger partial charge in [-0.25, -0.2) is 0 Å². The van der Waals surface area contributed by atoms with Crippen LogP contribution < -0.4 is 16.0 Å². The summed E-state index contributed by atoms with van der Waals surface area (Å²) in [4.78, 5) is 36.8. The van der Waals surface area contributed by atoms with E-state index in [2.05, 4.69) is 16.0 Å². The van der Waals surface area contributed by atoms with Crippen LogP contribution in [0.5, 0.6) is 11.5 Å². The third kappa shape index (κ3) is 8.22. The molecule has 0 bridgehead atoms. The summed E-state index contributed by atoms with van der Waals surface area (Å²) in [6, 6.07) is 20.4. The van der Waals surface area contributed by atoms with Crippen LogP contribution in [0.3, 0.4) is 0 Å². The van der Waals surface area contributed by atoms with E-state index in [1.807, 2.05) is 30.3 Å². The molecule has 10 nitrogen and oxygen atoms in total. The van der Waals surface area contributed by atoms with Gasteiger partial charge >= 0.3 is 0 Å². The fourth-order valence-corrected chi connectivity index (χ4v) is 3.31. The van der Waals surface area contributed by atoms with Gasteiger partial charge in [0.1, 0.15) is 17.7 Å². The second kappa shape index (κ2) is 13.2. The van der Waals surface area contributed by atoms with Gasteiger partial charge in [-0.3, -0.25) is 14.4 Å². The molecule has 0 aliphatic heterocycles. The number of benzene rings is 3. The highest BCUT2D eigenvalue weighted by Gasteiger charge is 2.20. The van der Waals surface area contributed by atoms with Crippen molar-refractivity contribution < 1.29 is 29.3 Å². The number of phenolic OH excluding ortho intramolecular Hbond substituents is 2. The lowest BCUT2D eigenvalue weighted by atomic mass is 10.1. The maximum atomic E-state index is 12.7. The SMILES string of the molecule is CC(=O)N[C@H](COCc1ccccc1)C(=O)Nc1ccc(NC(=O)/C(C#N)=C/c2ccc(O)c(O)c2)cc1. The highest BCUT2D eigenvalue weighted by atomic mass is 16.5. The van der Waals surface area contributed by atoms with E-state index in [-0.39, 0.29) is 36.2 Å². The third-order valence-electron chi connectivity index (χ3n) is 5.18. The molecule has 3 amide bonds. The van der Waals surface area contributed by atoms with Crippen LogP contribution >= 0.6 is 0 Å². The van der Waals surface area contributed by atoms with Crippen molar-refractivity contribution >= 4 is 35.2 Å². The van der Waals surface area contributed by atoms with E-state index in [4.69, 9.17) is 4.74 Å². The van der Waals surface area contributed by atoms with Crippen LogP contribution in [0, 0.1) is 11.3 Å². The summed E-state index contributed by atoms with van der Waals surface area (Å²) in [5, 5.41) is 36.2. The third-order valence-corrected chi connectivity index (χ3v) is 5.18. The molecule has 0 aliphatic rings. The number of nitriles is 1. The lowest BCUT2D eigenvalue weighted by Crippen LogP contribution is -2.46. The number of hydrogen-bond acceptors (Lipinski definition) is 7. The normalized spacial score (nSPS) is 11.6. The van der Waals surface area contributed by atoms with Crippen molar-refractivity contribution in [2.45, 2.75) is 19.6 Å². The largest absolute Gasteiger partial charge is 0.504 e. The summed E-state index contributed by atoms with van der Waals surface area (Å²) < 4.78 is 5.61. The molecule has 38 heavy (non-hydrogen) atoms. The molecule has 0 unspecified atom stereocenters. The number of aromatic hydroxyl groups is 2. The lowest BCUT2D eigenvalue weighted by Gasteiger charge is -2.18. The molecule has 1 atom stereocenters. The molecule has 0 spiro atoms. The van der Waals surface area contributed by atoms with Gasteiger partial charge in [0.25, 0.3) is 5.91 Å². The van der Waals surface area contributed by atoms with Gasteiger partial charge in [0.05, 0.1) is 13.2 Å². The van der Waals surface area contributed by atoms with Gasteiger partial charge < -0.3 is 30.9 Å². The molecule has 0 radical (unpaired) electrons. The highest BCUT2D eigenvalue weighted by Crippen LogP contribution is 2.26. The van der Waals surface area contributed by atoms with Crippen LogP contribution in [0.2, 0.25) is 0 Å². The van der Waals surface area contributed by atoms with E-state index >= 15 is 0 Å². The number of rotatable bonds is 10. The second-order valence-corrected chi connectivity index (χ2v) is 8.19. The number of anilines is 2. The maximum absolute atomic E-state index is 12.7. The van der Waals surface area contributed by atoms with Crippen molar-refractivity contribution in [2.24, 2.45) is 0 Å². The van der Waals surface area contributed by atoms with Crippen LogP contribution in [-0.4, -0.2) is 40.6 Å². The van der Waals surface area contributed by atoms with Crippen molar-refractivity contribution in [2.75, 3.05) is 17.2 Å². The molecule has 3 rings (SSSR count). The summed E-state index contributed by atoms with van der Waals surface area (Å²) in [5.41, 5.74) is 1.85. The molecule has 0 saturated carbocycles. The summed E-state index contributed by atoms with van der Waals surface area (Å²) in [7, 11) is 0. The average molecular weight is 515 g/mol. The second-order valence-electron chi connectivity index (χ2n) is 8.19. The minimum atomic E-state index is -0.918. The number of amides is 3. The quantitative estimate of drug-likeness (QED) is 0.158. The van der Waals surface area contributed by atoms with Gasteiger partial charge in [0.15, 0.2) is 11.5 Å². The molecule has 0 fully saturated rings. The Hall–Kier alpha value is -5.14. The Bertz CT molecular complexity index is 1360. The zero-order valence-electron chi connectivity index (χ0n) is 20.5. The Morgan fingerprint density at radius 2 is 1.61 bits per heavy atom. The summed E-state index contributed by atoms with van der Waals surface area (Å²) in [6.07, 6.45) is 1.27. The molecule has 0 aliphatic carbocycles. The van der Waals surface area contributed by atoms with Crippen molar-refractivity contribution in [3.8, 4) is 17.6 Å². The van der Waals surface area contributed by atoms with Gasteiger partial charge in [0, 0.05) is 18.3 Å². The summed E-state index contributed by atoms with van der Waals surface area (Å²) in [6.45, 7) is 1.56. The van der Waals surface area contributed by atoms with Crippen molar-refractivity contribution in [3.63, 3.8) is 0 Å². The van der Waals surface area contributed by atoms with E-state index in [0.29, 0.717) is 16.9 Å². The minimum absolute atomic E-state index is 0.0312. The Labute approximate surface area is 219 Å². The first kappa shape index (κ1) is 27.4. The van der Waals surface area contributed by atoms with Crippen LogP contribution in [-0.2, 0) is 25.7 Å². The van der Waals surface area contributed by atoms with E-state index in [1.54, 1.807) is 18.2 Å². The van der Waals surface area contributed by atoms with E-state index in [1.165, 1.54) is 43.3 Å². The fraction of sp³-hybridized carbons (Fsp3) is 0.143. The number of phenols is 2. The van der Waals surface area contributed by atoms with Crippen LogP contribution in [0.15, 0.2) is 78.4 Å². The highest BCUT2D eigenvalue weighted by molar-refractivity contribution is 6.09. The van der Waals surface area contributed by atoms with Crippen LogP contribution in [0.4, 0.5) is 11.4 Å². The zero-order valence-corrected chi connectivity index (χ0v) is 20.5. The van der Waals surface area contributed by atoms with Crippen molar-refractivity contribution in [3.05, 3.63) is 89.5 Å². The smallest absolute Gasteiger partial charge is 0.266 e. The first-order valence-electron chi connectivity index (χ1n) is 11.5.